The number of pyridine rings is 1. The number of aromatic nitrogens is 1. The van der Waals surface area contributed by atoms with Gasteiger partial charge in [-0.3, -0.25) is 0 Å². The third kappa shape index (κ3) is 5.63. The van der Waals surface area contributed by atoms with Crippen LogP contribution in [0.2, 0.25) is 0 Å². The average Bonchev–Trinajstić information content (AvgIpc) is 2.32. The van der Waals surface area contributed by atoms with Gasteiger partial charge in [0.1, 0.15) is 5.82 Å². The van der Waals surface area contributed by atoms with Crippen LogP contribution < -0.4 is 5.73 Å². The minimum Gasteiger partial charge on any atom is -0.393 e. The normalized spacial score (nSPS) is 12.6. The fraction of sp³-hybridized carbons (Fsp3) is 0.583. The monoisotopic (exact) mass is 240 g/mol. The highest BCUT2D eigenvalue weighted by Crippen LogP contribution is 2.11. The highest BCUT2D eigenvalue weighted by atomic mass is 16.5. The van der Waals surface area contributed by atoms with Crippen LogP contribution in [-0.2, 0) is 15.9 Å². The summed E-state index contributed by atoms with van der Waals surface area (Å²) in [4.78, 5) is 3.97. The van der Waals surface area contributed by atoms with Gasteiger partial charge in [-0.05, 0) is 18.1 Å². The number of nitrogens with two attached hydrogens (primary N) is 1. The van der Waals surface area contributed by atoms with E-state index in [-0.39, 0.29) is 0 Å². The first kappa shape index (κ1) is 13.9. The van der Waals surface area contributed by atoms with Crippen LogP contribution in [0.1, 0.15) is 12.0 Å². The predicted octanol–water partition coefficient (Wildman–Crippen LogP) is 0.620. The number of anilines is 1. The summed E-state index contributed by atoms with van der Waals surface area (Å²) in [5, 5.41) is 9.79. The average molecular weight is 240 g/mol. The smallest absolute Gasteiger partial charge is 0.126 e. The number of hydrogen-bond donors (Lipinski definition) is 2. The summed E-state index contributed by atoms with van der Waals surface area (Å²) in [6.45, 7) is 1.65. The van der Waals surface area contributed by atoms with Crippen molar-refractivity contribution >= 4 is 5.82 Å². The van der Waals surface area contributed by atoms with Gasteiger partial charge in [-0.2, -0.15) is 0 Å². The molecule has 0 aliphatic carbocycles. The van der Waals surface area contributed by atoms with Gasteiger partial charge in [0.2, 0.25) is 0 Å². The summed E-state index contributed by atoms with van der Waals surface area (Å²) in [5.41, 5.74) is 6.57. The molecule has 17 heavy (non-hydrogen) atoms. The SMILES string of the molecule is COCCOCCC(O)Cc1cccnc1N. The number of hydrogen-bond acceptors (Lipinski definition) is 5. The number of aliphatic hydroxyl groups is 1. The van der Waals surface area contributed by atoms with Crippen molar-refractivity contribution in [2.45, 2.75) is 18.9 Å². The summed E-state index contributed by atoms with van der Waals surface area (Å²) in [6.07, 6.45) is 2.27. The van der Waals surface area contributed by atoms with Crippen molar-refractivity contribution in [2.75, 3.05) is 32.7 Å². The van der Waals surface area contributed by atoms with E-state index in [1.807, 2.05) is 12.1 Å². The van der Waals surface area contributed by atoms with Crippen LogP contribution in [0.5, 0.6) is 0 Å². The molecule has 1 heterocycles. The standard InChI is InChI=1S/C12H20N2O3/c1-16-7-8-17-6-4-11(15)9-10-3-2-5-14-12(10)13/h2-3,5,11,15H,4,6-9H2,1H3,(H2,13,14). The molecule has 5 nitrogen and oxygen atoms in total. The number of rotatable bonds is 8. The maximum Gasteiger partial charge on any atom is 0.126 e. The van der Waals surface area contributed by atoms with E-state index in [4.69, 9.17) is 15.2 Å². The van der Waals surface area contributed by atoms with Gasteiger partial charge in [0.25, 0.3) is 0 Å². The molecule has 0 saturated carbocycles. The lowest BCUT2D eigenvalue weighted by Crippen LogP contribution is -2.16. The van der Waals surface area contributed by atoms with Crippen molar-refractivity contribution < 1.29 is 14.6 Å². The molecule has 0 amide bonds. The lowest BCUT2D eigenvalue weighted by atomic mass is 10.1. The molecule has 0 aromatic carbocycles. The Labute approximate surface area is 102 Å². The van der Waals surface area contributed by atoms with E-state index in [1.54, 1.807) is 13.3 Å². The Balaban J connectivity index is 2.21. The molecule has 0 radical (unpaired) electrons. The fourth-order valence-electron chi connectivity index (χ4n) is 1.44. The zero-order chi connectivity index (χ0) is 12.5. The molecule has 5 heteroatoms. The van der Waals surface area contributed by atoms with E-state index in [9.17, 15) is 5.11 Å². The zero-order valence-electron chi connectivity index (χ0n) is 10.1. The molecule has 0 aliphatic rings. The summed E-state index contributed by atoms with van der Waals surface area (Å²) in [5.74, 6) is 0.479. The molecule has 96 valence electrons. The first-order chi connectivity index (χ1) is 8.24. The van der Waals surface area contributed by atoms with Gasteiger partial charge in [0.05, 0.1) is 19.3 Å². The van der Waals surface area contributed by atoms with Gasteiger partial charge in [-0.15, -0.1) is 0 Å². The maximum absolute atomic E-state index is 9.79. The Hall–Kier alpha value is -1.17. The third-order valence-corrected chi connectivity index (χ3v) is 2.41. The first-order valence-electron chi connectivity index (χ1n) is 5.68. The minimum absolute atomic E-state index is 0.455. The van der Waals surface area contributed by atoms with Crippen LogP contribution >= 0.6 is 0 Å². The third-order valence-electron chi connectivity index (χ3n) is 2.41. The molecule has 1 aromatic heterocycles. The van der Waals surface area contributed by atoms with Crippen molar-refractivity contribution in [1.82, 2.24) is 4.98 Å². The van der Waals surface area contributed by atoms with Crippen LogP contribution in [0.15, 0.2) is 18.3 Å². The van der Waals surface area contributed by atoms with E-state index in [0.717, 1.165) is 5.56 Å². The lowest BCUT2D eigenvalue weighted by Gasteiger charge is -2.11. The zero-order valence-corrected chi connectivity index (χ0v) is 10.1. The van der Waals surface area contributed by atoms with Crippen molar-refractivity contribution in [1.29, 1.82) is 0 Å². The minimum atomic E-state index is -0.455. The van der Waals surface area contributed by atoms with Crippen LogP contribution in [0.3, 0.4) is 0 Å². The molecule has 1 rings (SSSR count). The van der Waals surface area contributed by atoms with Gasteiger partial charge in [0.15, 0.2) is 0 Å². The Bertz CT molecular complexity index is 320. The van der Waals surface area contributed by atoms with Gasteiger partial charge < -0.3 is 20.3 Å². The van der Waals surface area contributed by atoms with Gasteiger partial charge in [-0.1, -0.05) is 6.07 Å². The Morgan fingerprint density at radius 2 is 2.24 bits per heavy atom. The molecule has 3 N–H and O–H groups in total. The molecule has 0 spiro atoms. The Morgan fingerprint density at radius 3 is 2.94 bits per heavy atom. The van der Waals surface area contributed by atoms with Crippen molar-refractivity contribution in [3.8, 4) is 0 Å². The second-order valence-electron chi connectivity index (χ2n) is 3.80. The number of methoxy groups -OCH3 is 1. The van der Waals surface area contributed by atoms with Crippen LogP contribution in [0.25, 0.3) is 0 Å². The van der Waals surface area contributed by atoms with E-state index < -0.39 is 6.10 Å². The number of nitrogen functional groups attached to an aromatic ring is 1. The molecule has 0 saturated heterocycles. The van der Waals surface area contributed by atoms with Crippen molar-refractivity contribution in [3.63, 3.8) is 0 Å². The van der Waals surface area contributed by atoms with E-state index >= 15 is 0 Å². The van der Waals surface area contributed by atoms with Crippen molar-refractivity contribution in [3.05, 3.63) is 23.9 Å². The number of ether oxygens (including phenoxy) is 2. The summed E-state index contributed by atoms with van der Waals surface area (Å²) >= 11 is 0. The summed E-state index contributed by atoms with van der Waals surface area (Å²) in [6, 6.07) is 3.69. The summed E-state index contributed by atoms with van der Waals surface area (Å²) < 4.78 is 10.1. The van der Waals surface area contributed by atoms with Gasteiger partial charge in [-0.25, -0.2) is 4.98 Å². The molecule has 1 unspecified atom stereocenters. The Kier molecular flexibility index (Phi) is 6.54. The topological polar surface area (TPSA) is 77.6 Å². The predicted molar refractivity (Wildman–Crippen MR) is 65.7 cm³/mol. The molecular formula is C12H20N2O3. The second-order valence-corrected chi connectivity index (χ2v) is 3.80. The molecule has 0 fully saturated rings. The number of nitrogens with zero attached hydrogens (tertiary/aromatic N) is 1. The molecule has 1 atom stereocenters. The van der Waals surface area contributed by atoms with Crippen LogP contribution in [-0.4, -0.2) is 43.1 Å². The molecule has 0 bridgehead atoms. The highest BCUT2D eigenvalue weighted by molar-refractivity contribution is 5.38. The van der Waals surface area contributed by atoms with E-state index in [1.165, 1.54) is 0 Å². The highest BCUT2D eigenvalue weighted by Gasteiger charge is 2.08. The van der Waals surface area contributed by atoms with Gasteiger partial charge >= 0.3 is 0 Å². The quantitative estimate of drug-likeness (QED) is 0.651. The molecular weight excluding hydrogens is 220 g/mol. The fourth-order valence-corrected chi connectivity index (χ4v) is 1.44. The molecule has 1 aromatic rings. The second kappa shape index (κ2) is 8.00. The first-order valence-corrected chi connectivity index (χ1v) is 5.68. The molecule has 0 aliphatic heterocycles. The van der Waals surface area contributed by atoms with Crippen LogP contribution in [0.4, 0.5) is 5.82 Å². The van der Waals surface area contributed by atoms with E-state index in [0.29, 0.717) is 38.5 Å². The largest absolute Gasteiger partial charge is 0.393 e. The maximum atomic E-state index is 9.79. The number of aliphatic hydroxyl groups excluding tert-OH is 1. The summed E-state index contributed by atoms with van der Waals surface area (Å²) in [7, 11) is 1.63. The van der Waals surface area contributed by atoms with Crippen molar-refractivity contribution in [2.24, 2.45) is 0 Å². The van der Waals surface area contributed by atoms with E-state index in [2.05, 4.69) is 4.98 Å². The van der Waals surface area contributed by atoms with Crippen LogP contribution in [0, 0.1) is 0 Å². The Morgan fingerprint density at radius 1 is 1.41 bits per heavy atom. The van der Waals surface area contributed by atoms with Gasteiger partial charge in [0, 0.05) is 26.3 Å². The lowest BCUT2D eigenvalue weighted by molar-refractivity contribution is 0.0479.